The van der Waals surface area contributed by atoms with E-state index < -0.39 is 0 Å². The minimum Gasteiger partial charge on any atom is -0.380 e. The minimum absolute atomic E-state index is 0.100. The number of ether oxygens (including phenoxy) is 1. The first-order chi connectivity index (χ1) is 9.94. The topological polar surface area (TPSA) is 67.4 Å². The molecule has 6 nitrogen and oxygen atoms in total. The number of hydrogen-bond acceptors (Lipinski definition) is 5. The second-order valence-electron chi connectivity index (χ2n) is 4.74. The third-order valence-electron chi connectivity index (χ3n) is 3.43. The summed E-state index contributed by atoms with van der Waals surface area (Å²) in [6.45, 7) is 9.28. The molecule has 1 amide bonds. The van der Waals surface area contributed by atoms with Crippen molar-refractivity contribution in [3.8, 4) is 0 Å². The Bertz CT molecular complexity index is 480. The molecule has 1 N–H and O–H groups in total. The number of aromatic nitrogens is 2. The van der Waals surface area contributed by atoms with Crippen molar-refractivity contribution in [3.05, 3.63) is 16.9 Å². The van der Waals surface area contributed by atoms with E-state index in [9.17, 15) is 4.79 Å². The van der Waals surface area contributed by atoms with Crippen LogP contribution in [0.5, 0.6) is 0 Å². The van der Waals surface area contributed by atoms with Crippen LogP contribution in [0.25, 0.3) is 0 Å². The summed E-state index contributed by atoms with van der Waals surface area (Å²) < 4.78 is 5.19. The lowest BCUT2D eigenvalue weighted by atomic mass is 10.2. The number of carbonyl (C=O) groups is 1. The molecule has 0 radical (unpaired) electrons. The maximum atomic E-state index is 12.3. The molecule has 1 rings (SSSR count). The minimum atomic E-state index is -0.327. The first-order valence-corrected chi connectivity index (χ1v) is 7.43. The third kappa shape index (κ3) is 4.54. The molecule has 0 saturated carbocycles. The van der Waals surface area contributed by atoms with Gasteiger partial charge in [-0.1, -0.05) is 11.6 Å². The van der Waals surface area contributed by atoms with E-state index in [2.05, 4.69) is 15.3 Å². The largest absolute Gasteiger partial charge is 0.380 e. The first-order valence-electron chi connectivity index (χ1n) is 7.05. The van der Waals surface area contributed by atoms with Gasteiger partial charge < -0.3 is 15.0 Å². The van der Waals surface area contributed by atoms with Gasteiger partial charge in [0.25, 0.3) is 5.91 Å². The van der Waals surface area contributed by atoms with Crippen molar-refractivity contribution in [2.75, 3.05) is 25.1 Å². The number of hydrogen-bond donors (Lipinski definition) is 1. The SMILES string of the molecule is CCN(CC)c1ncc(Cl)c(C(=O)N[C@@H](C)[C@@H](C)OC)n1. The summed E-state index contributed by atoms with van der Waals surface area (Å²) in [5.74, 6) is 0.175. The molecular weight excluding hydrogens is 292 g/mol. The highest BCUT2D eigenvalue weighted by Gasteiger charge is 2.20. The normalized spacial score (nSPS) is 13.6. The number of nitrogens with zero attached hydrogens (tertiary/aromatic N) is 3. The van der Waals surface area contributed by atoms with E-state index in [4.69, 9.17) is 16.3 Å². The molecule has 0 aromatic carbocycles. The Labute approximate surface area is 130 Å². The van der Waals surface area contributed by atoms with Crippen molar-refractivity contribution in [2.45, 2.75) is 39.8 Å². The summed E-state index contributed by atoms with van der Waals surface area (Å²) >= 11 is 6.04. The summed E-state index contributed by atoms with van der Waals surface area (Å²) in [4.78, 5) is 22.7. The predicted molar refractivity (Wildman–Crippen MR) is 84.0 cm³/mol. The van der Waals surface area contributed by atoms with Gasteiger partial charge >= 0.3 is 0 Å². The lowest BCUT2D eigenvalue weighted by molar-refractivity contribution is 0.0732. The standard InChI is InChI=1S/C14H23ClN4O2/c1-6-19(7-2)14-16-8-11(15)12(18-14)13(20)17-9(3)10(4)21-5/h8-10H,6-7H2,1-5H3,(H,17,20)/t9-,10+/m0/s1. The monoisotopic (exact) mass is 314 g/mol. The number of amides is 1. The number of anilines is 1. The highest BCUT2D eigenvalue weighted by atomic mass is 35.5. The molecule has 0 aliphatic heterocycles. The van der Waals surface area contributed by atoms with Crippen LogP contribution < -0.4 is 10.2 Å². The second kappa shape index (κ2) is 8.14. The Balaban J connectivity index is 2.95. The molecule has 1 aromatic rings. The highest BCUT2D eigenvalue weighted by Crippen LogP contribution is 2.16. The fourth-order valence-corrected chi connectivity index (χ4v) is 1.95. The summed E-state index contributed by atoms with van der Waals surface area (Å²) in [6.07, 6.45) is 1.36. The average Bonchev–Trinajstić information content (AvgIpc) is 2.48. The smallest absolute Gasteiger partial charge is 0.271 e. The van der Waals surface area contributed by atoms with Gasteiger partial charge in [0.15, 0.2) is 5.69 Å². The van der Waals surface area contributed by atoms with E-state index in [1.54, 1.807) is 7.11 Å². The van der Waals surface area contributed by atoms with Gasteiger partial charge in [0, 0.05) is 20.2 Å². The van der Waals surface area contributed by atoms with Crippen LogP contribution in [0.1, 0.15) is 38.2 Å². The Morgan fingerprint density at radius 1 is 1.43 bits per heavy atom. The maximum absolute atomic E-state index is 12.3. The molecule has 2 atom stereocenters. The van der Waals surface area contributed by atoms with Gasteiger partial charge in [0.05, 0.1) is 23.4 Å². The van der Waals surface area contributed by atoms with Gasteiger partial charge in [-0.3, -0.25) is 4.79 Å². The highest BCUT2D eigenvalue weighted by molar-refractivity contribution is 6.33. The van der Waals surface area contributed by atoms with E-state index in [-0.39, 0.29) is 28.8 Å². The van der Waals surface area contributed by atoms with Gasteiger partial charge in [0.1, 0.15) is 0 Å². The van der Waals surface area contributed by atoms with Gasteiger partial charge in [-0.15, -0.1) is 0 Å². The molecule has 0 spiro atoms. The molecule has 0 saturated heterocycles. The predicted octanol–water partition coefficient (Wildman–Crippen LogP) is 2.13. The van der Waals surface area contributed by atoms with Gasteiger partial charge in [0.2, 0.25) is 5.95 Å². The molecule has 0 unspecified atom stereocenters. The molecular formula is C14H23ClN4O2. The zero-order chi connectivity index (χ0) is 16.0. The lowest BCUT2D eigenvalue weighted by Gasteiger charge is -2.21. The van der Waals surface area contributed by atoms with Crippen molar-refractivity contribution >= 4 is 23.5 Å². The number of methoxy groups -OCH3 is 1. The zero-order valence-corrected chi connectivity index (χ0v) is 13.9. The molecule has 118 valence electrons. The van der Waals surface area contributed by atoms with Gasteiger partial charge in [-0.05, 0) is 27.7 Å². The van der Waals surface area contributed by atoms with E-state index in [0.29, 0.717) is 5.95 Å². The fraction of sp³-hybridized carbons (Fsp3) is 0.643. The maximum Gasteiger partial charge on any atom is 0.271 e. The molecule has 7 heteroatoms. The molecule has 0 bridgehead atoms. The molecule has 1 heterocycles. The zero-order valence-electron chi connectivity index (χ0n) is 13.2. The van der Waals surface area contributed by atoms with Crippen molar-refractivity contribution in [1.29, 1.82) is 0 Å². The quantitative estimate of drug-likeness (QED) is 0.835. The summed E-state index contributed by atoms with van der Waals surface area (Å²) in [5, 5.41) is 3.07. The van der Waals surface area contributed by atoms with E-state index in [1.165, 1.54) is 6.20 Å². The Morgan fingerprint density at radius 3 is 2.57 bits per heavy atom. The first kappa shape index (κ1) is 17.7. The van der Waals surface area contributed by atoms with Crippen LogP contribution >= 0.6 is 11.6 Å². The van der Waals surface area contributed by atoms with Crippen LogP contribution in [0.15, 0.2) is 6.20 Å². The van der Waals surface area contributed by atoms with E-state index in [1.807, 2.05) is 32.6 Å². The van der Waals surface area contributed by atoms with Crippen LogP contribution in [-0.4, -0.2) is 48.2 Å². The Morgan fingerprint density at radius 2 is 2.05 bits per heavy atom. The second-order valence-corrected chi connectivity index (χ2v) is 5.15. The van der Waals surface area contributed by atoms with E-state index >= 15 is 0 Å². The van der Waals surface area contributed by atoms with Crippen LogP contribution in [0.4, 0.5) is 5.95 Å². The van der Waals surface area contributed by atoms with Crippen LogP contribution in [-0.2, 0) is 4.74 Å². The van der Waals surface area contributed by atoms with E-state index in [0.717, 1.165) is 13.1 Å². The lowest BCUT2D eigenvalue weighted by Crippen LogP contribution is -2.41. The molecule has 21 heavy (non-hydrogen) atoms. The molecule has 0 aliphatic carbocycles. The van der Waals surface area contributed by atoms with Gasteiger partial charge in [-0.25, -0.2) is 9.97 Å². The Hall–Kier alpha value is -1.40. The Kier molecular flexibility index (Phi) is 6.84. The average molecular weight is 315 g/mol. The van der Waals surface area contributed by atoms with Crippen molar-refractivity contribution < 1.29 is 9.53 Å². The molecule has 1 aromatic heterocycles. The number of nitrogens with one attached hydrogen (secondary N) is 1. The van der Waals surface area contributed by atoms with Crippen LogP contribution in [0, 0.1) is 0 Å². The number of carbonyl (C=O) groups excluding carboxylic acids is 1. The fourth-order valence-electron chi connectivity index (χ4n) is 1.77. The van der Waals surface area contributed by atoms with Crippen LogP contribution in [0.2, 0.25) is 5.02 Å². The molecule has 0 aliphatic rings. The van der Waals surface area contributed by atoms with Crippen molar-refractivity contribution in [2.24, 2.45) is 0 Å². The van der Waals surface area contributed by atoms with Crippen molar-refractivity contribution in [3.63, 3.8) is 0 Å². The van der Waals surface area contributed by atoms with Crippen LogP contribution in [0.3, 0.4) is 0 Å². The number of rotatable bonds is 7. The summed E-state index contributed by atoms with van der Waals surface area (Å²) in [6, 6.07) is -0.148. The summed E-state index contributed by atoms with van der Waals surface area (Å²) in [5.41, 5.74) is 0.184. The third-order valence-corrected chi connectivity index (χ3v) is 3.70. The molecule has 0 fully saturated rings. The van der Waals surface area contributed by atoms with Gasteiger partial charge in [-0.2, -0.15) is 0 Å². The summed E-state index contributed by atoms with van der Waals surface area (Å²) in [7, 11) is 1.60. The number of halogens is 1. The van der Waals surface area contributed by atoms with Crippen molar-refractivity contribution in [1.82, 2.24) is 15.3 Å².